The van der Waals surface area contributed by atoms with E-state index in [1.165, 1.54) is 37.1 Å². The van der Waals surface area contributed by atoms with Crippen molar-refractivity contribution in [1.82, 2.24) is 14.8 Å². The molecule has 12 heteroatoms. The Morgan fingerprint density at radius 3 is 2.52 bits per heavy atom. The van der Waals surface area contributed by atoms with Crippen LogP contribution >= 0.6 is 11.8 Å². The molecule has 3 rings (SSSR count). The van der Waals surface area contributed by atoms with E-state index in [4.69, 9.17) is 14.2 Å². The van der Waals surface area contributed by atoms with Gasteiger partial charge in [-0.15, -0.1) is 10.2 Å². The third-order valence-corrected chi connectivity index (χ3v) is 5.63. The van der Waals surface area contributed by atoms with Crippen LogP contribution in [-0.2, 0) is 11.8 Å². The zero-order valence-corrected chi connectivity index (χ0v) is 19.3. The molecule has 33 heavy (non-hydrogen) atoms. The highest BCUT2D eigenvalue weighted by atomic mass is 32.2. The molecule has 3 aromatic rings. The lowest BCUT2D eigenvalue weighted by Gasteiger charge is -2.16. The van der Waals surface area contributed by atoms with Crippen LogP contribution in [0, 0.1) is 10.1 Å². The van der Waals surface area contributed by atoms with Crippen molar-refractivity contribution in [1.29, 1.82) is 0 Å². The van der Waals surface area contributed by atoms with Gasteiger partial charge in [-0.25, -0.2) is 0 Å². The quantitative estimate of drug-likeness (QED) is 0.266. The number of hydrogen-bond acceptors (Lipinski definition) is 9. The first-order chi connectivity index (χ1) is 15.8. The normalized spacial score (nSPS) is 11.5. The highest BCUT2D eigenvalue weighted by Gasteiger charge is 2.20. The van der Waals surface area contributed by atoms with E-state index in [9.17, 15) is 14.9 Å². The van der Waals surface area contributed by atoms with Gasteiger partial charge >= 0.3 is 0 Å². The van der Waals surface area contributed by atoms with E-state index in [0.29, 0.717) is 28.2 Å². The van der Waals surface area contributed by atoms with Gasteiger partial charge in [-0.2, -0.15) is 0 Å². The number of benzene rings is 2. The Morgan fingerprint density at radius 1 is 1.15 bits per heavy atom. The third kappa shape index (κ3) is 5.71. The van der Waals surface area contributed by atoms with Gasteiger partial charge in [0.15, 0.2) is 28.6 Å². The van der Waals surface area contributed by atoms with Crippen molar-refractivity contribution in [3.63, 3.8) is 0 Å². The van der Waals surface area contributed by atoms with Gasteiger partial charge in [0.2, 0.25) is 5.91 Å². The van der Waals surface area contributed by atoms with Crippen molar-refractivity contribution in [3.05, 3.63) is 58.4 Å². The summed E-state index contributed by atoms with van der Waals surface area (Å²) in [6, 6.07) is 11.3. The number of nitrogens with zero attached hydrogens (tertiary/aromatic N) is 4. The number of para-hydroxylation sites is 2. The summed E-state index contributed by atoms with van der Waals surface area (Å²) in [5, 5.41) is 22.5. The number of anilines is 1. The minimum absolute atomic E-state index is 0.0135. The van der Waals surface area contributed by atoms with Gasteiger partial charge in [0.1, 0.15) is 5.75 Å². The van der Waals surface area contributed by atoms with E-state index >= 15 is 0 Å². The minimum atomic E-state index is -0.542. The van der Waals surface area contributed by atoms with Gasteiger partial charge in [0.05, 0.1) is 30.6 Å². The zero-order chi connectivity index (χ0) is 24.0. The second-order valence-electron chi connectivity index (χ2n) is 6.79. The van der Waals surface area contributed by atoms with Crippen LogP contribution in [0.15, 0.2) is 47.6 Å². The number of carbonyl (C=O) groups excluding carboxylic acids is 1. The van der Waals surface area contributed by atoms with Gasteiger partial charge in [-0.3, -0.25) is 14.9 Å². The van der Waals surface area contributed by atoms with E-state index in [-0.39, 0.29) is 23.0 Å². The molecule has 1 amide bonds. The fourth-order valence-electron chi connectivity index (χ4n) is 2.99. The van der Waals surface area contributed by atoms with E-state index in [1.54, 1.807) is 30.9 Å². The van der Waals surface area contributed by atoms with Crippen LogP contribution in [0.5, 0.6) is 17.2 Å². The van der Waals surface area contributed by atoms with Crippen molar-refractivity contribution in [2.45, 2.75) is 18.2 Å². The Balaban J connectivity index is 1.64. The molecule has 0 fully saturated rings. The Morgan fingerprint density at radius 2 is 1.85 bits per heavy atom. The standard InChI is InChI=1S/C21H23N5O6S/c1-13(32-18-8-6-5-7-17(18)31-4)20-23-24-21(25(20)2)33-12-19(27)22-15-11-14(26(28)29)9-10-16(15)30-3/h5-11,13H,12H2,1-4H3,(H,22,27). The molecular formula is C21H23N5O6S. The molecule has 0 aliphatic carbocycles. The number of ether oxygens (including phenoxy) is 3. The lowest BCUT2D eigenvalue weighted by Crippen LogP contribution is -2.15. The number of nitrogens with one attached hydrogen (secondary N) is 1. The van der Waals surface area contributed by atoms with Crippen molar-refractivity contribution in [2.24, 2.45) is 7.05 Å². The predicted octanol–water partition coefficient (Wildman–Crippen LogP) is 3.61. The van der Waals surface area contributed by atoms with Gasteiger partial charge in [0.25, 0.3) is 5.69 Å². The maximum absolute atomic E-state index is 12.4. The number of rotatable bonds is 10. The summed E-state index contributed by atoms with van der Waals surface area (Å²) in [5.41, 5.74) is 0.0653. The van der Waals surface area contributed by atoms with E-state index in [0.717, 1.165) is 0 Å². The second-order valence-corrected chi connectivity index (χ2v) is 7.73. The Kier molecular flexibility index (Phi) is 7.72. The highest BCUT2D eigenvalue weighted by Crippen LogP contribution is 2.31. The largest absolute Gasteiger partial charge is 0.495 e. The number of methoxy groups -OCH3 is 2. The average molecular weight is 474 g/mol. The van der Waals surface area contributed by atoms with Gasteiger partial charge in [-0.1, -0.05) is 23.9 Å². The average Bonchev–Trinajstić information content (AvgIpc) is 3.18. The van der Waals surface area contributed by atoms with Gasteiger partial charge in [0, 0.05) is 19.2 Å². The molecule has 0 aliphatic heterocycles. The molecule has 0 saturated heterocycles. The molecule has 0 spiro atoms. The summed E-state index contributed by atoms with van der Waals surface area (Å²) >= 11 is 1.17. The van der Waals surface area contributed by atoms with Gasteiger partial charge in [-0.05, 0) is 25.1 Å². The van der Waals surface area contributed by atoms with E-state index < -0.39 is 11.0 Å². The molecule has 2 aromatic carbocycles. The number of hydrogen-bond donors (Lipinski definition) is 1. The summed E-state index contributed by atoms with van der Waals surface area (Å²) in [5.74, 6) is 1.72. The van der Waals surface area contributed by atoms with Crippen LogP contribution in [0.1, 0.15) is 18.9 Å². The zero-order valence-electron chi connectivity index (χ0n) is 18.5. The molecule has 0 radical (unpaired) electrons. The van der Waals surface area contributed by atoms with Crippen LogP contribution < -0.4 is 19.5 Å². The van der Waals surface area contributed by atoms with Crippen LogP contribution in [0.3, 0.4) is 0 Å². The number of nitro groups is 1. The lowest BCUT2D eigenvalue weighted by molar-refractivity contribution is -0.384. The summed E-state index contributed by atoms with van der Waals surface area (Å²) in [6.07, 6.45) is -0.420. The van der Waals surface area contributed by atoms with Gasteiger partial charge < -0.3 is 24.1 Å². The molecule has 11 nitrogen and oxygen atoms in total. The second kappa shape index (κ2) is 10.7. The molecule has 1 heterocycles. The monoisotopic (exact) mass is 473 g/mol. The number of carbonyl (C=O) groups is 1. The van der Waals surface area contributed by atoms with Crippen LogP contribution in [0.4, 0.5) is 11.4 Å². The predicted molar refractivity (Wildman–Crippen MR) is 122 cm³/mol. The molecule has 174 valence electrons. The topological polar surface area (TPSA) is 131 Å². The van der Waals surface area contributed by atoms with Crippen molar-refractivity contribution in [3.8, 4) is 17.2 Å². The number of amides is 1. The minimum Gasteiger partial charge on any atom is -0.495 e. The van der Waals surface area contributed by atoms with Crippen LogP contribution in [-0.4, -0.2) is 45.6 Å². The Labute approximate surface area is 194 Å². The third-order valence-electron chi connectivity index (χ3n) is 4.61. The highest BCUT2D eigenvalue weighted by molar-refractivity contribution is 7.99. The molecular weight excluding hydrogens is 450 g/mol. The van der Waals surface area contributed by atoms with E-state index in [1.807, 2.05) is 19.1 Å². The smallest absolute Gasteiger partial charge is 0.271 e. The Bertz CT molecular complexity index is 1150. The fourth-order valence-corrected chi connectivity index (χ4v) is 3.71. The first-order valence-corrected chi connectivity index (χ1v) is 10.8. The first kappa shape index (κ1) is 23.9. The lowest BCUT2D eigenvalue weighted by atomic mass is 10.2. The van der Waals surface area contributed by atoms with Crippen LogP contribution in [0.25, 0.3) is 0 Å². The van der Waals surface area contributed by atoms with Crippen molar-refractivity contribution < 1.29 is 23.9 Å². The maximum Gasteiger partial charge on any atom is 0.271 e. The molecule has 0 bridgehead atoms. The number of aromatic nitrogens is 3. The molecule has 1 N–H and O–H groups in total. The SMILES string of the molecule is COc1ccc([N+](=O)[O-])cc1NC(=O)CSc1nnc(C(C)Oc2ccccc2OC)n1C. The summed E-state index contributed by atoms with van der Waals surface area (Å²) in [4.78, 5) is 22.9. The van der Waals surface area contributed by atoms with E-state index in [2.05, 4.69) is 15.5 Å². The van der Waals surface area contributed by atoms with Crippen LogP contribution in [0.2, 0.25) is 0 Å². The molecule has 1 atom stereocenters. The maximum atomic E-state index is 12.4. The van der Waals surface area contributed by atoms with Crippen molar-refractivity contribution >= 4 is 29.0 Å². The molecule has 1 unspecified atom stereocenters. The summed E-state index contributed by atoms with van der Waals surface area (Å²) < 4.78 is 18.2. The first-order valence-electron chi connectivity index (χ1n) is 9.78. The number of non-ortho nitro benzene ring substituents is 1. The summed E-state index contributed by atoms with van der Waals surface area (Å²) in [6.45, 7) is 1.84. The molecule has 1 aromatic heterocycles. The number of nitro benzene ring substituents is 1. The Hall–Kier alpha value is -3.80. The van der Waals surface area contributed by atoms with Crippen molar-refractivity contribution in [2.75, 3.05) is 25.3 Å². The molecule has 0 aliphatic rings. The fraction of sp³-hybridized carbons (Fsp3) is 0.286. The molecule has 0 saturated carbocycles. The summed E-state index contributed by atoms with van der Waals surface area (Å²) in [7, 11) is 4.76. The number of thioether (sulfide) groups is 1.